The Morgan fingerprint density at radius 1 is 0.944 bits per heavy atom. The van der Waals surface area contributed by atoms with Crippen molar-refractivity contribution in [2.75, 3.05) is 7.15 Å². The molecule has 0 N–H and O–H groups in total. The van der Waals surface area contributed by atoms with E-state index in [9.17, 15) is 4.39 Å². The SMILES string of the molecule is Brc1cncc(Br)c1.Cc1cncc(Br)c1.[2H]CF. The summed E-state index contributed by atoms with van der Waals surface area (Å²) in [6, 6.07) is 3.96. The van der Waals surface area contributed by atoms with E-state index in [0.29, 0.717) is 0 Å². The highest BCUT2D eigenvalue weighted by Gasteiger charge is 1.85. The molecule has 2 heterocycles. The van der Waals surface area contributed by atoms with Crippen molar-refractivity contribution in [1.82, 2.24) is 9.97 Å². The van der Waals surface area contributed by atoms with Gasteiger partial charge in [0.25, 0.3) is 0 Å². The minimum atomic E-state index is -1.00. The van der Waals surface area contributed by atoms with E-state index in [2.05, 4.69) is 57.8 Å². The summed E-state index contributed by atoms with van der Waals surface area (Å²) in [5, 5.41) is 0. The van der Waals surface area contributed by atoms with Crippen LogP contribution in [0.15, 0.2) is 50.3 Å². The van der Waals surface area contributed by atoms with Crippen LogP contribution in [0.4, 0.5) is 4.39 Å². The Balaban J connectivity index is 0.000000284. The highest BCUT2D eigenvalue weighted by atomic mass is 79.9. The van der Waals surface area contributed by atoms with Gasteiger partial charge in [0.05, 0.1) is 8.52 Å². The fourth-order valence-corrected chi connectivity index (χ4v) is 2.42. The van der Waals surface area contributed by atoms with Crippen LogP contribution < -0.4 is 0 Å². The van der Waals surface area contributed by atoms with Gasteiger partial charge in [-0.3, -0.25) is 14.4 Å². The van der Waals surface area contributed by atoms with Crippen molar-refractivity contribution in [3.8, 4) is 0 Å². The van der Waals surface area contributed by atoms with Gasteiger partial charge in [0.15, 0.2) is 0 Å². The zero-order valence-electron chi connectivity index (χ0n) is 10.6. The molecule has 2 aromatic rings. The molecule has 0 atom stereocenters. The Hall–Kier alpha value is -0.330. The molecule has 18 heavy (non-hydrogen) atoms. The van der Waals surface area contributed by atoms with E-state index in [4.69, 9.17) is 1.37 Å². The molecule has 2 rings (SSSR count). The minimum absolute atomic E-state index is 0.992. The first-order chi connectivity index (χ1) is 8.99. The Bertz CT molecular complexity index is 408. The Kier molecular flexibility index (Phi) is 9.24. The molecule has 0 unspecified atom stereocenters. The van der Waals surface area contributed by atoms with E-state index in [0.717, 1.165) is 13.4 Å². The minimum Gasteiger partial charge on any atom is -0.263 e. The lowest BCUT2D eigenvalue weighted by Crippen LogP contribution is -1.73. The number of alkyl halides is 1. The topological polar surface area (TPSA) is 25.8 Å². The highest BCUT2D eigenvalue weighted by molar-refractivity contribution is 9.11. The zero-order chi connectivity index (χ0) is 14.7. The normalized spacial score (nSPS) is 9.28. The lowest BCUT2D eigenvalue weighted by molar-refractivity contribution is 0.636. The molecular weight excluding hydrogens is 431 g/mol. The maximum atomic E-state index is 9.96. The van der Waals surface area contributed by atoms with Crippen LogP contribution in [-0.4, -0.2) is 17.1 Å². The second kappa shape index (κ2) is 10.6. The van der Waals surface area contributed by atoms with Gasteiger partial charge in [0.2, 0.25) is 0 Å². The van der Waals surface area contributed by atoms with E-state index in [1.54, 1.807) is 18.6 Å². The summed E-state index contributed by atoms with van der Waals surface area (Å²) in [6.45, 7) is 2.01. The predicted octanol–water partition coefficient (Wildman–Crippen LogP) is 5.34. The number of nitrogens with zero attached hydrogens (tertiary/aromatic N) is 2. The summed E-state index contributed by atoms with van der Waals surface area (Å²) >= 11 is 9.84. The number of pyridine rings is 2. The summed E-state index contributed by atoms with van der Waals surface area (Å²) in [4.78, 5) is 7.83. The third-order valence-electron chi connectivity index (χ3n) is 1.51. The molecule has 0 aliphatic heterocycles. The first-order valence-electron chi connectivity index (χ1n) is 5.38. The molecule has 0 saturated carbocycles. The molecule has 0 amide bonds. The van der Waals surface area contributed by atoms with Gasteiger partial charge < -0.3 is 0 Å². The smallest absolute Gasteiger partial charge is 0.0785 e. The van der Waals surface area contributed by atoms with Gasteiger partial charge >= 0.3 is 0 Å². The Morgan fingerprint density at radius 2 is 1.33 bits per heavy atom. The van der Waals surface area contributed by atoms with Crippen LogP contribution in [0.1, 0.15) is 6.93 Å². The van der Waals surface area contributed by atoms with Gasteiger partial charge in [-0.15, -0.1) is 0 Å². The lowest BCUT2D eigenvalue weighted by atomic mass is 10.3. The average Bonchev–Trinajstić information content (AvgIpc) is 2.30. The predicted molar refractivity (Wildman–Crippen MR) is 83.3 cm³/mol. The molecule has 0 aromatic carbocycles. The summed E-state index contributed by atoms with van der Waals surface area (Å²) in [6.07, 6.45) is 7.08. The maximum absolute atomic E-state index is 9.96. The molecule has 0 aliphatic rings. The maximum Gasteiger partial charge on any atom is 0.0785 e. The van der Waals surface area contributed by atoms with Crippen LogP contribution >= 0.6 is 47.8 Å². The number of aromatic nitrogens is 2. The molecule has 6 heteroatoms. The zero-order valence-corrected chi connectivity index (χ0v) is 14.3. The van der Waals surface area contributed by atoms with E-state index >= 15 is 0 Å². The molecule has 0 radical (unpaired) electrons. The molecular formula is C12H12Br3FN2. The largest absolute Gasteiger partial charge is 0.263 e. The van der Waals surface area contributed by atoms with Crippen LogP contribution in [0.25, 0.3) is 0 Å². The molecule has 2 aromatic heterocycles. The van der Waals surface area contributed by atoms with Crippen molar-refractivity contribution in [2.24, 2.45) is 0 Å². The molecule has 0 aliphatic carbocycles. The van der Waals surface area contributed by atoms with Crippen molar-refractivity contribution < 1.29 is 5.76 Å². The summed E-state index contributed by atoms with van der Waals surface area (Å²) in [5.41, 5.74) is 1.18. The number of hydrogen-bond acceptors (Lipinski definition) is 2. The number of aryl methyl sites for hydroxylation is 1. The first kappa shape index (κ1) is 15.7. The van der Waals surface area contributed by atoms with Crippen LogP contribution in [0.3, 0.4) is 0 Å². The van der Waals surface area contributed by atoms with Gasteiger partial charge in [0, 0.05) is 38.2 Å². The first-order valence-corrected chi connectivity index (χ1v) is 7.06. The summed E-state index contributed by atoms with van der Waals surface area (Å²) in [5.74, 6) is 0. The molecule has 2 nitrogen and oxygen atoms in total. The third-order valence-corrected chi connectivity index (χ3v) is 2.81. The lowest BCUT2D eigenvalue weighted by Gasteiger charge is -1.88. The third kappa shape index (κ3) is 8.72. The monoisotopic (exact) mass is 441 g/mol. The second-order valence-corrected chi connectivity index (χ2v) is 5.75. The molecule has 0 spiro atoms. The van der Waals surface area contributed by atoms with Crippen molar-refractivity contribution in [3.63, 3.8) is 0 Å². The van der Waals surface area contributed by atoms with Crippen molar-refractivity contribution in [2.45, 2.75) is 6.92 Å². The van der Waals surface area contributed by atoms with Crippen LogP contribution in [0, 0.1) is 6.92 Å². The number of hydrogen-bond donors (Lipinski definition) is 0. The standard InChI is InChI=1S/C6H6BrN.C5H3Br2N.CH3F/c1-5-2-6(7)4-8-3-5;6-4-1-5(7)3-8-2-4;1-2/h2-4H,1H3;1-3H;1H3/i;;1D. The van der Waals surface area contributed by atoms with Crippen LogP contribution in [0.2, 0.25) is 0 Å². The highest BCUT2D eigenvalue weighted by Crippen LogP contribution is 2.13. The fraction of sp³-hybridized carbons (Fsp3) is 0.167. The van der Waals surface area contributed by atoms with Crippen LogP contribution in [0.5, 0.6) is 0 Å². The average molecular weight is 444 g/mol. The molecule has 0 saturated heterocycles. The second-order valence-electron chi connectivity index (χ2n) is 3.00. The Morgan fingerprint density at radius 3 is 1.56 bits per heavy atom. The number of rotatable bonds is 0. The van der Waals surface area contributed by atoms with E-state index in [1.807, 2.05) is 25.3 Å². The van der Waals surface area contributed by atoms with Crippen molar-refractivity contribution >= 4 is 47.8 Å². The van der Waals surface area contributed by atoms with Gasteiger partial charge in [-0.25, -0.2) is 0 Å². The van der Waals surface area contributed by atoms with E-state index in [-0.39, 0.29) is 0 Å². The van der Waals surface area contributed by atoms with E-state index in [1.165, 1.54) is 5.56 Å². The van der Waals surface area contributed by atoms with Gasteiger partial charge in [-0.2, -0.15) is 0 Å². The fourth-order valence-electron chi connectivity index (χ4n) is 0.904. The van der Waals surface area contributed by atoms with Crippen LogP contribution in [-0.2, 0) is 0 Å². The number of halogens is 4. The molecule has 0 fully saturated rings. The molecule has 98 valence electrons. The van der Waals surface area contributed by atoms with Gasteiger partial charge in [0.1, 0.15) is 0 Å². The molecule has 0 bridgehead atoms. The summed E-state index contributed by atoms with van der Waals surface area (Å²) < 4.78 is 18.5. The van der Waals surface area contributed by atoms with E-state index < -0.39 is 7.15 Å². The summed E-state index contributed by atoms with van der Waals surface area (Å²) in [7, 11) is -1.00. The van der Waals surface area contributed by atoms with Crippen molar-refractivity contribution in [3.05, 3.63) is 55.9 Å². The van der Waals surface area contributed by atoms with Crippen molar-refractivity contribution in [1.29, 1.82) is 0 Å². The quantitative estimate of drug-likeness (QED) is 0.549. The van der Waals surface area contributed by atoms with Gasteiger partial charge in [-0.1, -0.05) is 0 Å². The Labute approximate surface area is 133 Å². The van der Waals surface area contributed by atoms with Gasteiger partial charge in [-0.05, 0) is 72.4 Å².